The highest BCUT2D eigenvalue weighted by Crippen LogP contribution is 2.16. The van der Waals surface area contributed by atoms with E-state index in [1.807, 2.05) is 13.0 Å². The number of sulfone groups is 1. The molecule has 0 saturated heterocycles. The van der Waals surface area contributed by atoms with Gasteiger partial charge in [-0.05, 0) is 31.0 Å². The second-order valence-electron chi connectivity index (χ2n) is 5.15. The van der Waals surface area contributed by atoms with Crippen LogP contribution in [0.2, 0.25) is 0 Å². The number of nitrogens with zero attached hydrogens (tertiary/aromatic N) is 2. The summed E-state index contributed by atoms with van der Waals surface area (Å²) < 4.78 is 54.4. The van der Waals surface area contributed by atoms with Crippen LogP contribution in [0.25, 0.3) is 0 Å². The van der Waals surface area contributed by atoms with Crippen molar-refractivity contribution in [1.29, 1.82) is 0 Å². The summed E-state index contributed by atoms with van der Waals surface area (Å²) in [4.78, 5) is 0.208. The van der Waals surface area contributed by atoms with Gasteiger partial charge in [0, 0.05) is 19.2 Å². The van der Waals surface area contributed by atoms with Crippen molar-refractivity contribution in [2.75, 3.05) is 12.8 Å². The third-order valence-electron chi connectivity index (χ3n) is 3.03. The van der Waals surface area contributed by atoms with E-state index in [0.717, 1.165) is 11.8 Å². The molecule has 0 aliphatic rings. The molecule has 0 unspecified atom stereocenters. The van der Waals surface area contributed by atoms with Crippen LogP contribution in [-0.2, 0) is 26.3 Å². The van der Waals surface area contributed by atoms with Gasteiger partial charge in [-0.2, -0.15) is 0 Å². The quantitative estimate of drug-likeness (QED) is 0.802. The zero-order valence-corrected chi connectivity index (χ0v) is 14.5. The number of benzene rings is 1. The van der Waals surface area contributed by atoms with Gasteiger partial charge in [-0.15, -0.1) is 5.10 Å². The Labute approximate surface area is 134 Å². The van der Waals surface area contributed by atoms with Gasteiger partial charge in [-0.3, -0.25) is 0 Å². The Bertz CT molecular complexity index is 917. The zero-order valence-electron chi connectivity index (χ0n) is 12.9. The van der Waals surface area contributed by atoms with Gasteiger partial charge in [0.2, 0.25) is 25.8 Å². The number of rotatable bonds is 6. The minimum absolute atomic E-state index is 0.0150. The molecule has 1 N–H and O–H groups in total. The molecule has 2 aromatic rings. The molecule has 0 bridgehead atoms. The van der Waals surface area contributed by atoms with E-state index >= 15 is 0 Å². The fraction of sp³-hybridized carbons (Fsp3) is 0.385. The van der Waals surface area contributed by atoms with Crippen LogP contribution in [0.1, 0.15) is 17.0 Å². The molecule has 1 aromatic heterocycles. The van der Waals surface area contributed by atoms with Crippen LogP contribution in [0, 0.1) is 13.8 Å². The first kappa shape index (κ1) is 17.6. The second kappa shape index (κ2) is 6.38. The minimum atomic E-state index is -3.66. The predicted octanol–water partition coefficient (Wildman–Crippen LogP) is 0.611. The van der Waals surface area contributed by atoms with E-state index in [1.165, 1.54) is 0 Å². The van der Waals surface area contributed by atoms with Crippen molar-refractivity contribution >= 4 is 19.9 Å². The molecule has 0 saturated carbocycles. The SMILES string of the molecule is Cc1ccc(C)c(S(=O)(=O)NCCc2nnc(S(C)(=O)=O)o2)c1. The lowest BCUT2D eigenvalue weighted by atomic mass is 10.2. The molecule has 23 heavy (non-hydrogen) atoms. The van der Waals surface area contributed by atoms with Gasteiger partial charge in [0.15, 0.2) is 0 Å². The molecule has 0 amide bonds. The maximum atomic E-state index is 12.3. The smallest absolute Gasteiger partial charge is 0.335 e. The number of nitrogens with one attached hydrogen (secondary N) is 1. The van der Waals surface area contributed by atoms with Crippen LogP contribution in [0.5, 0.6) is 0 Å². The van der Waals surface area contributed by atoms with Gasteiger partial charge in [0.1, 0.15) is 0 Å². The van der Waals surface area contributed by atoms with Crippen molar-refractivity contribution in [3.8, 4) is 0 Å². The van der Waals surface area contributed by atoms with Gasteiger partial charge in [0.05, 0.1) is 4.90 Å². The summed E-state index contributed by atoms with van der Waals surface area (Å²) in [6.07, 6.45) is 1.04. The summed E-state index contributed by atoms with van der Waals surface area (Å²) in [7, 11) is -7.23. The fourth-order valence-electron chi connectivity index (χ4n) is 1.86. The van der Waals surface area contributed by atoms with Crippen molar-refractivity contribution in [3.05, 3.63) is 35.2 Å². The first-order valence-corrected chi connectivity index (χ1v) is 10.1. The lowest BCUT2D eigenvalue weighted by Crippen LogP contribution is -2.26. The number of hydrogen-bond acceptors (Lipinski definition) is 7. The van der Waals surface area contributed by atoms with Gasteiger partial charge in [-0.1, -0.05) is 17.2 Å². The van der Waals surface area contributed by atoms with Crippen molar-refractivity contribution in [2.45, 2.75) is 30.4 Å². The fourth-order valence-corrected chi connectivity index (χ4v) is 3.65. The lowest BCUT2D eigenvalue weighted by Gasteiger charge is -2.09. The van der Waals surface area contributed by atoms with E-state index in [2.05, 4.69) is 14.9 Å². The molecule has 1 heterocycles. The molecule has 126 valence electrons. The molecule has 0 atom stereocenters. The summed E-state index contributed by atoms with van der Waals surface area (Å²) in [5.41, 5.74) is 1.48. The van der Waals surface area contributed by atoms with Crippen molar-refractivity contribution in [3.63, 3.8) is 0 Å². The average Bonchev–Trinajstić information content (AvgIpc) is 2.90. The van der Waals surface area contributed by atoms with Crippen LogP contribution >= 0.6 is 0 Å². The Morgan fingerprint density at radius 1 is 1.13 bits per heavy atom. The molecule has 0 fully saturated rings. The van der Waals surface area contributed by atoms with Crippen molar-refractivity contribution in [1.82, 2.24) is 14.9 Å². The summed E-state index contributed by atoms with van der Waals surface area (Å²) in [5, 5.41) is 6.50. The summed E-state index contributed by atoms with van der Waals surface area (Å²) in [5.74, 6) is 0.0501. The molecule has 10 heteroatoms. The summed E-state index contributed by atoms with van der Waals surface area (Å²) in [6, 6.07) is 5.16. The third kappa shape index (κ3) is 4.36. The Kier molecular flexibility index (Phi) is 4.87. The summed E-state index contributed by atoms with van der Waals surface area (Å²) >= 11 is 0. The van der Waals surface area contributed by atoms with Gasteiger partial charge in [-0.25, -0.2) is 21.6 Å². The number of sulfonamides is 1. The van der Waals surface area contributed by atoms with Gasteiger partial charge < -0.3 is 4.42 Å². The molecule has 2 rings (SSSR count). The predicted molar refractivity (Wildman–Crippen MR) is 82.2 cm³/mol. The van der Waals surface area contributed by atoms with Crippen LogP contribution < -0.4 is 4.72 Å². The third-order valence-corrected chi connectivity index (χ3v) is 5.43. The normalized spacial score (nSPS) is 12.5. The number of aromatic nitrogens is 2. The van der Waals surface area contributed by atoms with E-state index in [-0.39, 0.29) is 23.8 Å². The molecule has 0 aliphatic heterocycles. The van der Waals surface area contributed by atoms with Crippen LogP contribution in [0.4, 0.5) is 0 Å². The highest BCUT2D eigenvalue weighted by molar-refractivity contribution is 7.90. The minimum Gasteiger partial charge on any atom is -0.412 e. The Morgan fingerprint density at radius 2 is 1.83 bits per heavy atom. The second-order valence-corrected chi connectivity index (χ2v) is 8.78. The highest BCUT2D eigenvalue weighted by Gasteiger charge is 2.19. The first-order chi connectivity index (χ1) is 10.6. The molecule has 0 spiro atoms. The molecule has 8 nitrogen and oxygen atoms in total. The lowest BCUT2D eigenvalue weighted by molar-refractivity contribution is 0.397. The number of aryl methyl sites for hydroxylation is 2. The maximum Gasteiger partial charge on any atom is 0.335 e. The maximum absolute atomic E-state index is 12.3. The van der Waals surface area contributed by atoms with Crippen LogP contribution in [0.15, 0.2) is 32.7 Å². The highest BCUT2D eigenvalue weighted by atomic mass is 32.2. The average molecular weight is 359 g/mol. The monoisotopic (exact) mass is 359 g/mol. The van der Waals surface area contributed by atoms with E-state index in [0.29, 0.717) is 5.56 Å². The summed E-state index contributed by atoms with van der Waals surface area (Å²) in [6.45, 7) is 3.54. The topological polar surface area (TPSA) is 119 Å². The molecular formula is C13H17N3O5S2. The van der Waals surface area contributed by atoms with Crippen molar-refractivity contribution in [2.24, 2.45) is 0 Å². The van der Waals surface area contributed by atoms with E-state index < -0.39 is 25.1 Å². The van der Waals surface area contributed by atoms with Crippen LogP contribution in [0.3, 0.4) is 0 Å². The van der Waals surface area contributed by atoms with Crippen molar-refractivity contribution < 1.29 is 21.3 Å². The molecule has 1 aromatic carbocycles. The number of hydrogen-bond donors (Lipinski definition) is 1. The molecular weight excluding hydrogens is 342 g/mol. The Morgan fingerprint density at radius 3 is 2.43 bits per heavy atom. The van der Waals surface area contributed by atoms with Gasteiger partial charge in [0.25, 0.3) is 0 Å². The standard InChI is InChI=1S/C13H17N3O5S2/c1-9-4-5-10(2)11(8-9)23(19,20)14-7-6-12-15-16-13(21-12)22(3,17)18/h4-5,8,14H,6-7H2,1-3H3. The molecule has 0 aliphatic carbocycles. The first-order valence-electron chi connectivity index (χ1n) is 6.69. The largest absolute Gasteiger partial charge is 0.412 e. The van der Waals surface area contributed by atoms with Crippen LogP contribution in [-0.4, -0.2) is 39.8 Å². The Balaban J connectivity index is 2.06. The van der Waals surface area contributed by atoms with E-state index in [4.69, 9.17) is 4.42 Å². The van der Waals surface area contributed by atoms with Gasteiger partial charge >= 0.3 is 5.22 Å². The molecule has 0 radical (unpaired) electrons. The zero-order chi connectivity index (χ0) is 17.3. The Hall–Kier alpha value is -1.78. The van der Waals surface area contributed by atoms with E-state index in [9.17, 15) is 16.8 Å². The van der Waals surface area contributed by atoms with E-state index in [1.54, 1.807) is 19.1 Å².